The molecular formula is C9H17N3. The molecule has 1 aliphatic heterocycles. The van der Waals surface area contributed by atoms with Crippen molar-refractivity contribution in [1.29, 1.82) is 0 Å². The minimum atomic E-state index is 0.522. The summed E-state index contributed by atoms with van der Waals surface area (Å²) in [7, 11) is 0. The zero-order chi connectivity index (χ0) is 8.39. The van der Waals surface area contributed by atoms with Crippen LogP contribution in [-0.4, -0.2) is 25.1 Å². The fourth-order valence-electron chi connectivity index (χ4n) is 1.46. The van der Waals surface area contributed by atoms with E-state index in [0.29, 0.717) is 6.04 Å². The molecule has 1 saturated carbocycles. The molecule has 2 N–H and O–H groups in total. The lowest BCUT2D eigenvalue weighted by Gasteiger charge is -2.07. The predicted molar refractivity (Wildman–Crippen MR) is 50.2 cm³/mol. The van der Waals surface area contributed by atoms with Crippen LogP contribution in [0.1, 0.15) is 26.2 Å². The molecule has 0 bridgehead atoms. The zero-order valence-electron chi connectivity index (χ0n) is 7.64. The summed E-state index contributed by atoms with van der Waals surface area (Å²) in [4.78, 5) is 4.33. The van der Waals surface area contributed by atoms with Gasteiger partial charge in [-0.25, -0.2) is 0 Å². The smallest absolute Gasteiger partial charge is 0.191 e. The van der Waals surface area contributed by atoms with Crippen molar-refractivity contribution in [2.75, 3.05) is 13.1 Å². The molecule has 1 atom stereocenters. The number of hydrogen-bond donors (Lipinski definition) is 2. The van der Waals surface area contributed by atoms with Gasteiger partial charge < -0.3 is 10.6 Å². The summed E-state index contributed by atoms with van der Waals surface area (Å²) in [6, 6.07) is 0.522. The second-order valence-electron chi connectivity index (χ2n) is 3.89. The van der Waals surface area contributed by atoms with Crippen molar-refractivity contribution in [3.63, 3.8) is 0 Å². The lowest BCUT2D eigenvalue weighted by atomic mass is 10.3. The third kappa shape index (κ3) is 2.13. The first-order chi connectivity index (χ1) is 5.84. The molecule has 2 rings (SSSR count). The van der Waals surface area contributed by atoms with Crippen molar-refractivity contribution in [2.24, 2.45) is 10.9 Å². The normalized spacial score (nSPS) is 28.1. The molecule has 3 nitrogen and oxygen atoms in total. The minimum Gasteiger partial charge on any atom is -0.356 e. The van der Waals surface area contributed by atoms with Gasteiger partial charge in [0.15, 0.2) is 5.96 Å². The van der Waals surface area contributed by atoms with Crippen LogP contribution in [0.2, 0.25) is 0 Å². The number of aliphatic imine (C=N–C) groups is 1. The number of nitrogens with one attached hydrogen (secondary N) is 2. The largest absolute Gasteiger partial charge is 0.356 e. The monoisotopic (exact) mass is 167 g/mol. The van der Waals surface area contributed by atoms with E-state index in [2.05, 4.69) is 22.5 Å². The van der Waals surface area contributed by atoms with E-state index in [0.717, 1.165) is 25.0 Å². The van der Waals surface area contributed by atoms with E-state index >= 15 is 0 Å². The number of nitrogens with zero attached hydrogens (tertiary/aromatic N) is 1. The van der Waals surface area contributed by atoms with Crippen LogP contribution in [0.3, 0.4) is 0 Å². The van der Waals surface area contributed by atoms with Gasteiger partial charge in [-0.3, -0.25) is 4.99 Å². The lowest BCUT2D eigenvalue weighted by Crippen LogP contribution is -2.38. The second kappa shape index (κ2) is 3.33. The molecule has 1 fully saturated rings. The maximum Gasteiger partial charge on any atom is 0.191 e. The van der Waals surface area contributed by atoms with Gasteiger partial charge in [0, 0.05) is 12.6 Å². The highest BCUT2D eigenvalue weighted by atomic mass is 15.2. The lowest BCUT2D eigenvalue weighted by molar-refractivity contribution is 0.677. The van der Waals surface area contributed by atoms with Crippen LogP contribution in [-0.2, 0) is 0 Å². The van der Waals surface area contributed by atoms with Crippen LogP contribution < -0.4 is 10.6 Å². The van der Waals surface area contributed by atoms with Crippen LogP contribution in [0.5, 0.6) is 0 Å². The van der Waals surface area contributed by atoms with E-state index in [4.69, 9.17) is 0 Å². The molecule has 0 saturated heterocycles. The van der Waals surface area contributed by atoms with Crippen LogP contribution in [0.15, 0.2) is 4.99 Å². The summed E-state index contributed by atoms with van der Waals surface area (Å²) < 4.78 is 0. The maximum absolute atomic E-state index is 4.33. The first kappa shape index (κ1) is 7.90. The van der Waals surface area contributed by atoms with E-state index in [9.17, 15) is 0 Å². The van der Waals surface area contributed by atoms with Crippen LogP contribution in [0, 0.1) is 5.92 Å². The molecule has 0 amide bonds. The average Bonchev–Trinajstić information content (AvgIpc) is 2.76. The predicted octanol–water partition coefficient (Wildman–Crippen LogP) is 0.724. The Morgan fingerprint density at radius 2 is 2.42 bits per heavy atom. The molecule has 1 heterocycles. The van der Waals surface area contributed by atoms with Gasteiger partial charge >= 0.3 is 0 Å². The van der Waals surface area contributed by atoms with Crippen molar-refractivity contribution >= 4 is 5.96 Å². The van der Waals surface area contributed by atoms with Gasteiger partial charge in [0.05, 0.1) is 6.54 Å². The van der Waals surface area contributed by atoms with E-state index in [-0.39, 0.29) is 0 Å². The van der Waals surface area contributed by atoms with E-state index in [1.807, 2.05) is 0 Å². The Balaban J connectivity index is 1.59. The van der Waals surface area contributed by atoms with Gasteiger partial charge in [-0.1, -0.05) is 12.8 Å². The minimum absolute atomic E-state index is 0.522. The van der Waals surface area contributed by atoms with Gasteiger partial charge in [-0.2, -0.15) is 0 Å². The summed E-state index contributed by atoms with van der Waals surface area (Å²) in [5, 5.41) is 6.61. The second-order valence-corrected chi connectivity index (χ2v) is 3.89. The highest BCUT2D eigenvalue weighted by Gasteiger charge is 2.20. The summed E-state index contributed by atoms with van der Waals surface area (Å²) in [5.74, 6) is 2.01. The fraction of sp³-hybridized carbons (Fsp3) is 0.889. The maximum atomic E-state index is 4.33. The number of rotatable bonds is 3. The summed E-state index contributed by atoms with van der Waals surface area (Å²) in [6.07, 6.45) is 4.20. The number of guanidine groups is 1. The van der Waals surface area contributed by atoms with Crippen molar-refractivity contribution in [3.8, 4) is 0 Å². The van der Waals surface area contributed by atoms with Crippen LogP contribution >= 0.6 is 0 Å². The van der Waals surface area contributed by atoms with Crippen molar-refractivity contribution < 1.29 is 0 Å². The topological polar surface area (TPSA) is 36.4 Å². The third-order valence-corrected chi connectivity index (χ3v) is 2.45. The van der Waals surface area contributed by atoms with Gasteiger partial charge in [0.1, 0.15) is 0 Å². The summed E-state index contributed by atoms with van der Waals surface area (Å²) in [5.41, 5.74) is 0. The molecule has 0 radical (unpaired) electrons. The molecule has 0 aromatic rings. The Bertz CT molecular complexity index is 184. The van der Waals surface area contributed by atoms with E-state index in [1.165, 1.54) is 19.3 Å². The van der Waals surface area contributed by atoms with Gasteiger partial charge in [0.25, 0.3) is 0 Å². The van der Waals surface area contributed by atoms with Gasteiger partial charge in [0.2, 0.25) is 0 Å². The van der Waals surface area contributed by atoms with Crippen LogP contribution in [0.4, 0.5) is 0 Å². The average molecular weight is 167 g/mol. The Kier molecular flexibility index (Phi) is 2.19. The molecule has 3 heteroatoms. The Labute approximate surface area is 73.6 Å². The van der Waals surface area contributed by atoms with Gasteiger partial charge in [-0.05, 0) is 19.3 Å². The standard InChI is InChI=1S/C9H17N3/c1-7-6-11-9(12-7)10-5-4-8-2-3-8/h7-8H,2-6H2,1H3,(H2,10,11,12). The van der Waals surface area contributed by atoms with E-state index in [1.54, 1.807) is 0 Å². The molecule has 0 aromatic heterocycles. The summed E-state index contributed by atoms with van der Waals surface area (Å²) in [6.45, 7) is 4.16. The molecule has 1 unspecified atom stereocenters. The fourth-order valence-corrected chi connectivity index (χ4v) is 1.46. The molecule has 0 aromatic carbocycles. The van der Waals surface area contributed by atoms with E-state index < -0.39 is 0 Å². The molecule has 2 aliphatic rings. The summed E-state index contributed by atoms with van der Waals surface area (Å²) >= 11 is 0. The van der Waals surface area contributed by atoms with Crippen molar-refractivity contribution in [1.82, 2.24) is 10.6 Å². The van der Waals surface area contributed by atoms with Crippen molar-refractivity contribution in [3.05, 3.63) is 0 Å². The molecule has 68 valence electrons. The zero-order valence-corrected chi connectivity index (χ0v) is 7.64. The highest BCUT2D eigenvalue weighted by Crippen LogP contribution is 2.31. The Morgan fingerprint density at radius 1 is 1.58 bits per heavy atom. The molecule has 1 aliphatic carbocycles. The first-order valence-electron chi connectivity index (χ1n) is 4.89. The molecule has 12 heavy (non-hydrogen) atoms. The number of hydrogen-bond acceptors (Lipinski definition) is 3. The Morgan fingerprint density at radius 3 is 3.00 bits per heavy atom. The van der Waals surface area contributed by atoms with Crippen LogP contribution in [0.25, 0.3) is 0 Å². The third-order valence-electron chi connectivity index (χ3n) is 2.45. The first-order valence-corrected chi connectivity index (χ1v) is 4.89. The molecule has 0 spiro atoms. The Hall–Kier alpha value is -0.730. The van der Waals surface area contributed by atoms with Gasteiger partial charge in [-0.15, -0.1) is 0 Å². The van der Waals surface area contributed by atoms with Crippen molar-refractivity contribution in [2.45, 2.75) is 32.2 Å². The highest BCUT2D eigenvalue weighted by molar-refractivity contribution is 5.81. The quantitative estimate of drug-likeness (QED) is 0.650. The SMILES string of the molecule is CC1CN=C(NCCC2CC2)N1. The molecular weight excluding hydrogens is 150 g/mol.